The average molecular weight is 297 g/mol. The van der Waals surface area contributed by atoms with Crippen molar-refractivity contribution in [2.24, 2.45) is 0 Å². The maximum Gasteiger partial charge on any atom is 0.328 e. The van der Waals surface area contributed by atoms with Gasteiger partial charge in [-0.05, 0) is 24.3 Å². The molecule has 1 heterocycles. The molecule has 6 nitrogen and oxygen atoms in total. The first-order chi connectivity index (χ1) is 9.60. The number of halogens is 1. The normalized spacial score (nSPS) is 10.3. The van der Waals surface area contributed by atoms with Gasteiger partial charge in [0.25, 0.3) is 5.56 Å². The molecular weight excluding hydrogens is 284 g/mol. The standard InChI is InChI=1S/C13H13ClN2O4/c1-19-9-2-4-10(5-3-9)20-7-6-16-8-11(14)12(17)15-13(16)18/h2-5,8H,6-7H2,1H3,(H,15,17,18). The maximum absolute atomic E-state index is 11.5. The molecule has 20 heavy (non-hydrogen) atoms. The highest BCUT2D eigenvalue weighted by Crippen LogP contribution is 2.16. The van der Waals surface area contributed by atoms with Crippen LogP contribution in [-0.2, 0) is 6.54 Å². The number of ether oxygens (including phenoxy) is 2. The third-order valence-electron chi connectivity index (χ3n) is 2.63. The van der Waals surface area contributed by atoms with Gasteiger partial charge in [0.1, 0.15) is 23.1 Å². The van der Waals surface area contributed by atoms with E-state index in [0.717, 1.165) is 5.75 Å². The van der Waals surface area contributed by atoms with Gasteiger partial charge >= 0.3 is 5.69 Å². The maximum atomic E-state index is 11.5. The Kier molecular flexibility index (Phi) is 4.47. The number of hydrogen-bond donors (Lipinski definition) is 1. The Morgan fingerprint density at radius 2 is 1.85 bits per heavy atom. The van der Waals surface area contributed by atoms with Crippen molar-refractivity contribution in [1.82, 2.24) is 9.55 Å². The second-order valence-electron chi connectivity index (χ2n) is 3.95. The Labute approximate surface area is 119 Å². The molecule has 1 aromatic heterocycles. The van der Waals surface area contributed by atoms with Crippen LogP contribution in [0.5, 0.6) is 11.5 Å². The van der Waals surface area contributed by atoms with Gasteiger partial charge in [0.2, 0.25) is 0 Å². The van der Waals surface area contributed by atoms with E-state index in [1.807, 2.05) is 0 Å². The second kappa shape index (κ2) is 6.29. The molecule has 0 saturated heterocycles. The van der Waals surface area contributed by atoms with Crippen LogP contribution in [0, 0.1) is 0 Å². The van der Waals surface area contributed by atoms with Crippen LogP contribution in [0.4, 0.5) is 0 Å². The number of hydrogen-bond acceptors (Lipinski definition) is 4. The summed E-state index contributed by atoms with van der Waals surface area (Å²) in [5.74, 6) is 1.40. The summed E-state index contributed by atoms with van der Waals surface area (Å²) in [6.45, 7) is 0.552. The van der Waals surface area contributed by atoms with Crippen molar-refractivity contribution >= 4 is 11.6 Å². The topological polar surface area (TPSA) is 73.3 Å². The zero-order valence-electron chi connectivity index (χ0n) is 10.8. The first kappa shape index (κ1) is 14.2. The van der Waals surface area contributed by atoms with Crippen LogP contribution < -0.4 is 20.7 Å². The highest BCUT2D eigenvalue weighted by Gasteiger charge is 2.02. The first-order valence-corrected chi connectivity index (χ1v) is 6.24. The number of aromatic nitrogens is 2. The van der Waals surface area contributed by atoms with E-state index in [1.165, 1.54) is 10.8 Å². The summed E-state index contributed by atoms with van der Waals surface area (Å²) < 4.78 is 11.8. The number of methoxy groups -OCH3 is 1. The molecule has 0 fully saturated rings. The van der Waals surface area contributed by atoms with Gasteiger partial charge in [-0.2, -0.15) is 0 Å². The van der Waals surface area contributed by atoms with E-state index >= 15 is 0 Å². The molecule has 0 unspecified atom stereocenters. The van der Waals surface area contributed by atoms with E-state index in [2.05, 4.69) is 4.98 Å². The molecule has 1 aromatic carbocycles. The molecule has 1 N–H and O–H groups in total. The molecule has 0 spiro atoms. The summed E-state index contributed by atoms with van der Waals surface area (Å²) in [5, 5.41) is -0.0333. The van der Waals surface area contributed by atoms with Gasteiger partial charge in [-0.25, -0.2) is 4.79 Å². The Balaban J connectivity index is 1.97. The number of aromatic amines is 1. The second-order valence-corrected chi connectivity index (χ2v) is 4.36. The molecule has 2 aromatic rings. The van der Waals surface area contributed by atoms with Crippen LogP contribution >= 0.6 is 11.6 Å². The van der Waals surface area contributed by atoms with Crippen molar-refractivity contribution in [2.75, 3.05) is 13.7 Å². The minimum Gasteiger partial charge on any atom is -0.497 e. The van der Waals surface area contributed by atoms with Crippen LogP contribution in [0.2, 0.25) is 5.02 Å². The Morgan fingerprint density at radius 1 is 1.20 bits per heavy atom. The monoisotopic (exact) mass is 296 g/mol. The third kappa shape index (κ3) is 3.42. The minimum absolute atomic E-state index is 0.0333. The summed E-state index contributed by atoms with van der Waals surface area (Å²) >= 11 is 5.66. The molecule has 0 amide bonds. The number of nitrogens with zero attached hydrogens (tertiary/aromatic N) is 1. The van der Waals surface area contributed by atoms with Gasteiger partial charge in [0, 0.05) is 6.20 Å². The van der Waals surface area contributed by atoms with Crippen LogP contribution in [-0.4, -0.2) is 23.3 Å². The van der Waals surface area contributed by atoms with Crippen molar-refractivity contribution < 1.29 is 9.47 Å². The van der Waals surface area contributed by atoms with E-state index in [4.69, 9.17) is 21.1 Å². The van der Waals surface area contributed by atoms with E-state index < -0.39 is 11.2 Å². The molecule has 0 radical (unpaired) electrons. The van der Waals surface area contributed by atoms with E-state index in [1.54, 1.807) is 31.4 Å². The molecule has 7 heteroatoms. The SMILES string of the molecule is COc1ccc(OCCn2cc(Cl)c(=O)[nH]c2=O)cc1. The third-order valence-corrected chi connectivity index (χ3v) is 2.90. The van der Waals surface area contributed by atoms with Crippen molar-refractivity contribution in [3.8, 4) is 11.5 Å². The summed E-state index contributed by atoms with van der Waals surface area (Å²) in [4.78, 5) is 24.7. The number of rotatable bonds is 5. The van der Waals surface area contributed by atoms with Gasteiger partial charge in [0.05, 0.1) is 13.7 Å². The molecule has 0 aliphatic carbocycles. The van der Waals surface area contributed by atoms with Crippen LogP contribution in [0.3, 0.4) is 0 Å². The van der Waals surface area contributed by atoms with Crippen molar-refractivity contribution in [3.63, 3.8) is 0 Å². The van der Waals surface area contributed by atoms with Crippen LogP contribution in [0.15, 0.2) is 40.1 Å². The van der Waals surface area contributed by atoms with Gasteiger partial charge in [-0.3, -0.25) is 14.3 Å². The number of H-pyrrole nitrogens is 1. The molecule has 0 aliphatic rings. The largest absolute Gasteiger partial charge is 0.497 e. The van der Waals surface area contributed by atoms with Gasteiger partial charge in [-0.15, -0.1) is 0 Å². The Bertz CT molecular complexity index is 691. The molecule has 0 aliphatic heterocycles. The summed E-state index contributed by atoms with van der Waals surface area (Å²) in [7, 11) is 1.59. The lowest BCUT2D eigenvalue weighted by molar-refractivity contribution is 0.294. The molecule has 0 bridgehead atoms. The number of nitrogens with one attached hydrogen (secondary N) is 1. The fraction of sp³-hybridized carbons (Fsp3) is 0.231. The van der Waals surface area contributed by atoms with E-state index in [9.17, 15) is 9.59 Å². The smallest absolute Gasteiger partial charge is 0.328 e. The molecule has 2 rings (SSSR count). The number of benzene rings is 1. The fourth-order valence-corrected chi connectivity index (χ4v) is 1.75. The Morgan fingerprint density at radius 3 is 2.50 bits per heavy atom. The quantitative estimate of drug-likeness (QED) is 0.902. The lowest BCUT2D eigenvalue weighted by atomic mass is 10.3. The van der Waals surface area contributed by atoms with Crippen molar-refractivity contribution in [1.29, 1.82) is 0 Å². The highest BCUT2D eigenvalue weighted by molar-refractivity contribution is 6.30. The van der Waals surface area contributed by atoms with E-state index in [-0.39, 0.29) is 18.2 Å². The summed E-state index contributed by atoms with van der Waals surface area (Å²) in [6.07, 6.45) is 1.29. The molecular formula is C13H13ClN2O4. The van der Waals surface area contributed by atoms with Crippen molar-refractivity contribution in [2.45, 2.75) is 6.54 Å². The predicted octanol–water partition coefficient (Wildman–Crippen LogP) is 1.28. The van der Waals surface area contributed by atoms with Gasteiger partial charge < -0.3 is 9.47 Å². The Hall–Kier alpha value is -2.21. The fourth-order valence-electron chi connectivity index (χ4n) is 1.58. The minimum atomic E-state index is -0.594. The van der Waals surface area contributed by atoms with E-state index in [0.29, 0.717) is 5.75 Å². The van der Waals surface area contributed by atoms with Gasteiger partial charge in [-0.1, -0.05) is 11.6 Å². The molecule has 0 saturated carbocycles. The molecule has 0 atom stereocenters. The van der Waals surface area contributed by atoms with Crippen molar-refractivity contribution in [3.05, 3.63) is 56.3 Å². The molecule has 106 valence electrons. The zero-order valence-corrected chi connectivity index (χ0v) is 11.5. The summed E-state index contributed by atoms with van der Waals surface area (Å²) in [5.41, 5.74) is -1.11. The first-order valence-electron chi connectivity index (χ1n) is 5.86. The summed E-state index contributed by atoms with van der Waals surface area (Å²) in [6, 6.07) is 7.08. The van der Waals surface area contributed by atoms with Crippen LogP contribution in [0.25, 0.3) is 0 Å². The zero-order chi connectivity index (χ0) is 14.5. The highest BCUT2D eigenvalue weighted by atomic mass is 35.5. The lowest BCUT2D eigenvalue weighted by Gasteiger charge is -2.08. The lowest BCUT2D eigenvalue weighted by Crippen LogP contribution is -2.31. The predicted molar refractivity (Wildman–Crippen MR) is 74.8 cm³/mol. The average Bonchev–Trinajstić information content (AvgIpc) is 2.45. The van der Waals surface area contributed by atoms with Gasteiger partial charge in [0.15, 0.2) is 0 Å². The van der Waals surface area contributed by atoms with Crippen LogP contribution in [0.1, 0.15) is 0 Å².